The van der Waals surface area contributed by atoms with Gasteiger partial charge < -0.3 is 14.6 Å². The van der Waals surface area contributed by atoms with Crippen LogP contribution in [0.2, 0.25) is 0 Å². The number of fused-ring (bicyclic) bond motifs is 1. The van der Waals surface area contributed by atoms with Crippen molar-refractivity contribution in [2.24, 2.45) is 0 Å². The minimum absolute atomic E-state index is 0.0410. The first-order valence-electron chi connectivity index (χ1n) is 8.94. The molecule has 0 aliphatic heterocycles. The van der Waals surface area contributed by atoms with Crippen LogP contribution in [0.4, 0.5) is 13.2 Å². The molecule has 0 amide bonds. The molecule has 0 bridgehead atoms. The molecule has 10 heteroatoms. The van der Waals surface area contributed by atoms with E-state index in [4.69, 9.17) is 9.47 Å². The van der Waals surface area contributed by atoms with Crippen molar-refractivity contribution in [3.05, 3.63) is 70.9 Å². The number of rotatable bonds is 5. The summed E-state index contributed by atoms with van der Waals surface area (Å²) in [6.45, 7) is -0.388. The Hall–Kier alpha value is -3.53. The van der Waals surface area contributed by atoms with E-state index in [1.165, 1.54) is 49.8 Å². The summed E-state index contributed by atoms with van der Waals surface area (Å²) in [6, 6.07) is 11.3. The maximum absolute atomic E-state index is 13.2. The summed E-state index contributed by atoms with van der Waals surface area (Å²) >= 11 is 1.04. The Morgan fingerprint density at radius 1 is 1.19 bits per heavy atom. The quantitative estimate of drug-likeness (QED) is 0.426. The minimum Gasteiger partial charge on any atom is -0.508 e. The van der Waals surface area contributed by atoms with Gasteiger partial charge in [0, 0.05) is 17.7 Å². The topological polar surface area (TPSA) is 73.6 Å². The summed E-state index contributed by atoms with van der Waals surface area (Å²) < 4.78 is 51.8. The van der Waals surface area contributed by atoms with Gasteiger partial charge in [-0.1, -0.05) is 18.2 Å². The zero-order chi connectivity index (χ0) is 22.2. The Balaban J connectivity index is 1.71. The van der Waals surface area contributed by atoms with Crippen molar-refractivity contribution in [2.45, 2.75) is 12.8 Å². The van der Waals surface area contributed by atoms with Gasteiger partial charge in [0.15, 0.2) is 4.88 Å². The first-order chi connectivity index (χ1) is 14.8. The maximum Gasteiger partial charge on any atom is 0.416 e. The van der Waals surface area contributed by atoms with E-state index in [1.807, 2.05) is 0 Å². The van der Waals surface area contributed by atoms with Gasteiger partial charge in [-0.25, -0.2) is 9.78 Å². The summed E-state index contributed by atoms with van der Waals surface area (Å²) in [5.41, 5.74) is 0.344. The molecule has 0 aliphatic carbocycles. The van der Waals surface area contributed by atoms with Gasteiger partial charge in [0.2, 0.25) is 0 Å². The number of methoxy groups -OCH3 is 1. The van der Waals surface area contributed by atoms with Crippen molar-refractivity contribution < 1.29 is 32.5 Å². The zero-order valence-electron chi connectivity index (χ0n) is 16.0. The van der Waals surface area contributed by atoms with Gasteiger partial charge in [-0.05, 0) is 18.2 Å². The van der Waals surface area contributed by atoms with E-state index in [0.717, 1.165) is 17.4 Å². The van der Waals surface area contributed by atoms with Gasteiger partial charge in [0.05, 0.1) is 23.7 Å². The minimum atomic E-state index is -4.53. The lowest BCUT2D eigenvalue weighted by Crippen LogP contribution is -2.11. The van der Waals surface area contributed by atoms with Gasteiger partial charge in [0.1, 0.15) is 29.4 Å². The van der Waals surface area contributed by atoms with Crippen LogP contribution < -0.4 is 4.74 Å². The predicted octanol–water partition coefficient (Wildman–Crippen LogP) is 5.18. The molecule has 0 atom stereocenters. The Kier molecular flexibility index (Phi) is 5.32. The fourth-order valence-electron chi connectivity index (χ4n) is 3.07. The summed E-state index contributed by atoms with van der Waals surface area (Å²) in [7, 11) is 1.20. The maximum atomic E-state index is 13.2. The first kappa shape index (κ1) is 20.7. The van der Waals surface area contributed by atoms with E-state index >= 15 is 0 Å². The largest absolute Gasteiger partial charge is 0.508 e. The number of thiophene rings is 1. The van der Waals surface area contributed by atoms with Crippen molar-refractivity contribution in [3.63, 3.8) is 0 Å². The number of carbonyl (C=O) groups excluding carboxylic acids is 1. The molecule has 4 rings (SSSR count). The molecule has 0 saturated carbocycles. The molecule has 2 aromatic carbocycles. The summed E-state index contributed by atoms with van der Waals surface area (Å²) in [4.78, 5) is 16.6. The number of aromatic hydroxyl groups is 1. The second-order valence-corrected chi connectivity index (χ2v) is 7.53. The summed E-state index contributed by atoms with van der Waals surface area (Å²) in [5, 5.41) is 10.3. The molecule has 0 fully saturated rings. The Morgan fingerprint density at radius 3 is 2.71 bits per heavy atom. The molecule has 31 heavy (non-hydrogen) atoms. The van der Waals surface area contributed by atoms with Gasteiger partial charge >= 0.3 is 12.1 Å². The molecule has 0 spiro atoms. The number of hydrogen-bond acceptors (Lipinski definition) is 6. The Morgan fingerprint density at radius 2 is 1.97 bits per heavy atom. The van der Waals surface area contributed by atoms with Crippen molar-refractivity contribution in [2.75, 3.05) is 7.11 Å². The number of phenols is 1. The van der Waals surface area contributed by atoms with Crippen LogP contribution in [0.15, 0.2) is 54.9 Å². The van der Waals surface area contributed by atoms with E-state index in [-0.39, 0.29) is 28.5 Å². The SMILES string of the molecule is COC(=O)c1sc(-n2cnc3ccc(O)cc32)cc1OCc1ccccc1C(F)(F)F. The predicted molar refractivity (Wildman–Crippen MR) is 108 cm³/mol. The number of imidazole rings is 1. The summed E-state index contributed by atoms with van der Waals surface area (Å²) in [6.07, 6.45) is -3.01. The molecule has 6 nitrogen and oxygen atoms in total. The third-order valence-corrected chi connectivity index (χ3v) is 5.63. The zero-order valence-corrected chi connectivity index (χ0v) is 16.8. The Bertz CT molecular complexity index is 1260. The molecule has 2 aromatic heterocycles. The third-order valence-electron chi connectivity index (χ3n) is 4.53. The highest BCUT2D eigenvalue weighted by Crippen LogP contribution is 2.37. The van der Waals surface area contributed by atoms with E-state index in [9.17, 15) is 23.1 Å². The molecule has 0 unspecified atom stereocenters. The molecule has 0 aliphatic rings. The molecule has 2 heterocycles. The van der Waals surface area contributed by atoms with Crippen LogP contribution in [-0.4, -0.2) is 27.7 Å². The second kappa shape index (κ2) is 7.95. The number of esters is 1. The first-order valence-corrected chi connectivity index (χ1v) is 9.76. The average Bonchev–Trinajstić information content (AvgIpc) is 3.34. The monoisotopic (exact) mass is 448 g/mol. The summed E-state index contributed by atoms with van der Waals surface area (Å²) in [5.74, 6) is -0.548. The number of hydrogen-bond donors (Lipinski definition) is 1. The van der Waals surface area contributed by atoms with Crippen molar-refractivity contribution in [1.82, 2.24) is 9.55 Å². The number of halogens is 3. The normalized spacial score (nSPS) is 11.6. The molecule has 1 N–H and O–H groups in total. The van der Waals surface area contributed by atoms with Crippen LogP contribution in [-0.2, 0) is 17.5 Å². The lowest BCUT2D eigenvalue weighted by molar-refractivity contribution is -0.138. The standard InChI is InChI=1S/C21H15F3N2O4S/c1-29-20(28)19-17(30-10-12-4-2-3-5-14(12)21(22,23)24)9-18(31-19)26-11-25-15-7-6-13(27)8-16(15)26/h2-9,11,27H,10H2,1H3. The van der Waals surface area contributed by atoms with Crippen LogP contribution in [0.5, 0.6) is 11.5 Å². The fraction of sp³-hybridized carbons (Fsp3) is 0.143. The number of aromatic nitrogens is 2. The molecular formula is C21H15F3N2O4S. The fourth-order valence-corrected chi connectivity index (χ4v) is 4.08. The highest BCUT2D eigenvalue weighted by atomic mass is 32.1. The molecule has 4 aromatic rings. The van der Waals surface area contributed by atoms with Crippen molar-refractivity contribution >= 4 is 28.3 Å². The van der Waals surface area contributed by atoms with Gasteiger partial charge in [0.25, 0.3) is 0 Å². The van der Waals surface area contributed by atoms with Gasteiger partial charge in [-0.2, -0.15) is 13.2 Å². The number of nitrogens with zero attached hydrogens (tertiary/aromatic N) is 2. The van der Waals surface area contributed by atoms with Crippen LogP contribution in [0.25, 0.3) is 16.0 Å². The second-order valence-electron chi connectivity index (χ2n) is 6.50. The number of benzene rings is 2. The number of phenolic OH excluding ortho intramolecular Hbond substituents is 1. The Labute approximate surface area is 178 Å². The molecule has 0 saturated heterocycles. The van der Waals surface area contributed by atoms with Crippen LogP contribution in [0, 0.1) is 0 Å². The number of ether oxygens (including phenoxy) is 2. The van der Waals surface area contributed by atoms with Crippen LogP contribution >= 0.6 is 11.3 Å². The lowest BCUT2D eigenvalue weighted by atomic mass is 10.1. The van der Waals surface area contributed by atoms with E-state index in [2.05, 4.69) is 4.98 Å². The molecule has 0 radical (unpaired) electrons. The average molecular weight is 448 g/mol. The van der Waals surface area contributed by atoms with Crippen LogP contribution in [0.1, 0.15) is 20.8 Å². The van der Waals surface area contributed by atoms with E-state index < -0.39 is 17.7 Å². The van der Waals surface area contributed by atoms with Crippen LogP contribution in [0.3, 0.4) is 0 Å². The third kappa shape index (κ3) is 4.06. The highest BCUT2D eigenvalue weighted by molar-refractivity contribution is 7.16. The smallest absolute Gasteiger partial charge is 0.416 e. The molecular weight excluding hydrogens is 433 g/mol. The van der Waals surface area contributed by atoms with E-state index in [1.54, 1.807) is 10.6 Å². The molecule has 160 valence electrons. The highest BCUT2D eigenvalue weighted by Gasteiger charge is 2.33. The van der Waals surface area contributed by atoms with Gasteiger partial charge in [-0.3, -0.25) is 4.57 Å². The number of carbonyl (C=O) groups is 1. The van der Waals surface area contributed by atoms with Gasteiger partial charge in [-0.15, -0.1) is 11.3 Å². The number of alkyl halides is 3. The lowest BCUT2D eigenvalue weighted by Gasteiger charge is -2.13. The van der Waals surface area contributed by atoms with Crippen molar-refractivity contribution in [1.29, 1.82) is 0 Å². The van der Waals surface area contributed by atoms with Crippen molar-refractivity contribution in [3.8, 4) is 16.5 Å². The van der Waals surface area contributed by atoms with E-state index in [0.29, 0.717) is 16.0 Å².